The Labute approximate surface area is 197 Å². The average molecular weight is 471 g/mol. The number of hydrogen-bond acceptors (Lipinski definition) is 5. The van der Waals surface area contributed by atoms with Crippen molar-refractivity contribution in [3.63, 3.8) is 0 Å². The second kappa shape index (κ2) is 10.9. The Hall–Kier alpha value is -2.48. The summed E-state index contributed by atoms with van der Waals surface area (Å²) in [6, 6.07) is 15.2. The predicted molar refractivity (Wildman–Crippen MR) is 131 cm³/mol. The molecule has 1 aliphatic rings. The summed E-state index contributed by atoms with van der Waals surface area (Å²) in [5.74, 6) is 1.04. The predicted octanol–water partition coefficient (Wildman–Crippen LogP) is 4.95. The molecule has 2 heterocycles. The van der Waals surface area contributed by atoms with Crippen LogP contribution in [-0.2, 0) is 11.8 Å². The number of rotatable bonds is 9. The van der Waals surface area contributed by atoms with E-state index in [2.05, 4.69) is 15.3 Å². The van der Waals surface area contributed by atoms with Gasteiger partial charge in [-0.15, -0.1) is 11.8 Å². The fourth-order valence-corrected chi connectivity index (χ4v) is 4.56. The highest BCUT2D eigenvalue weighted by Crippen LogP contribution is 2.32. The second-order valence-electron chi connectivity index (χ2n) is 7.74. The van der Waals surface area contributed by atoms with E-state index in [-0.39, 0.29) is 5.91 Å². The summed E-state index contributed by atoms with van der Waals surface area (Å²) in [7, 11) is 1.90. The number of ether oxygens (including phenoxy) is 1. The zero-order valence-electron chi connectivity index (χ0n) is 18.1. The molecule has 0 radical (unpaired) electrons. The number of nitrogens with zero attached hydrogens (tertiary/aromatic N) is 3. The van der Waals surface area contributed by atoms with E-state index in [0.717, 1.165) is 47.2 Å². The minimum atomic E-state index is -0.0661. The summed E-state index contributed by atoms with van der Waals surface area (Å²) < 4.78 is 7.95. The fraction of sp³-hybridized carbons (Fsp3) is 0.333. The Morgan fingerprint density at radius 3 is 2.66 bits per heavy atom. The molecule has 1 N–H and O–H groups in total. The van der Waals surface area contributed by atoms with Crippen molar-refractivity contribution in [1.82, 2.24) is 14.7 Å². The summed E-state index contributed by atoms with van der Waals surface area (Å²) in [6.07, 6.45) is 4.30. The van der Waals surface area contributed by atoms with Crippen molar-refractivity contribution >= 4 is 35.0 Å². The molecule has 0 saturated carbocycles. The summed E-state index contributed by atoms with van der Waals surface area (Å²) >= 11 is 7.39. The number of hydrogen-bond donors (Lipinski definition) is 1. The van der Waals surface area contributed by atoms with E-state index < -0.39 is 0 Å². The van der Waals surface area contributed by atoms with Gasteiger partial charge < -0.3 is 10.1 Å². The highest BCUT2D eigenvalue weighted by molar-refractivity contribution is 8.00. The van der Waals surface area contributed by atoms with Crippen LogP contribution in [0.1, 0.15) is 12.8 Å². The molecule has 1 saturated heterocycles. The van der Waals surface area contributed by atoms with Crippen LogP contribution in [0.4, 0.5) is 5.69 Å². The van der Waals surface area contributed by atoms with Gasteiger partial charge in [0.2, 0.25) is 5.91 Å². The average Bonchev–Trinajstić information content (AvgIpc) is 3.46. The molecular formula is C24H27ClN4O2S. The van der Waals surface area contributed by atoms with Crippen LogP contribution in [0.5, 0.6) is 5.75 Å². The van der Waals surface area contributed by atoms with Crippen LogP contribution >= 0.6 is 23.4 Å². The number of aryl methyl sites for hydroxylation is 1. The molecule has 32 heavy (non-hydrogen) atoms. The Balaban J connectivity index is 1.42. The van der Waals surface area contributed by atoms with E-state index in [1.165, 1.54) is 24.6 Å². The van der Waals surface area contributed by atoms with Gasteiger partial charge in [0.1, 0.15) is 12.4 Å². The Morgan fingerprint density at radius 2 is 1.94 bits per heavy atom. The molecule has 1 amide bonds. The van der Waals surface area contributed by atoms with Crippen LogP contribution in [0.15, 0.2) is 59.6 Å². The van der Waals surface area contributed by atoms with E-state index in [0.29, 0.717) is 17.4 Å². The molecule has 6 nitrogen and oxygen atoms in total. The molecule has 2 aromatic carbocycles. The van der Waals surface area contributed by atoms with Crippen LogP contribution in [-0.4, -0.2) is 52.6 Å². The maximum absolute atomic E-state index is 12.5. The zero-order chi connectivity index (χ0) is 22.3. The van der Waals surface area contributed by atoms with Crippen molar-refractivity contribution in [2.24, 2.45) is 7.05 Å². The number of aromatic nitrogens is 2. The number of likely N-dealkylation sites (tertiary alicyclic amines) is 1. The minimum absolute atomic E-state index is 0.0661. The minimum Gasteiger partial charge on any atom is -0.492 e. The quantitative estimate of drug-likeness (QED) is 0.448. The SMILES string of the molecule is Cn1nccc1-c1cc(NC(=O)CSc2ccc(Cl)cc2)ccc1OCCN1CCCC1. The van der Waals surface area contributed by atoms with Crippen LogP contribution in [0.2, 0.25) is 5.02 Å². The zero-order valence-corrected chi connectivity index (χ0v) is 19.7. The van der Waals surface area contributed by atoms with Crippen LogP contribution in [0.3, 0.4) is 0 Å². The molecule has 1 aromatic heterocycles. The maximum Gasteiger partial charge on any atom is 0.234 e. The van der Waals surface area contributed by atoms with Crippen molar-refractivity contribution in [1.29, 1.82) is 0 Å². The number of carbonyl (C=O) groups excluding carboxylic acids is 1. The Kier molecular flexibility index (Phi) is 7.73. The van der Waals surface area contributed by atoms with Crippen LogP contribution in [0.25, 0.3) is 11.3 Å². The molecule has 0 bridgehead atoms. The second-order valence-corrected chi connectivity index (χ2v) is 9.22. The van der Waals surface area contributed by atoms with Gasteiger partial charge in [-0.25, -0.2) is 0 Å². The summed E-state index contributed by atoms with van der Waals surface area (Å²) in [4.78, 5) is 15.9. The van der Waals surface area contributed by atoms with Gasteiger partial charge in [0.15, 0.2) is 0 Å². The van der Waals surface area contributed by atoms with Gasteiger partial charge in [-0.3, -0.25) is 14.4 Å². The molecule has 0 aliphatic carbocycles. The first-order valence-electron chi connectivity index (χ1n) is 10.7. The lowest BCUT2D eigenvalue weighted by Crippen LogP contribution is -2.25. The summed E-state index contributed by atoms with van der Waals surface area (Å²) in [5.41, 5.74) is 2.58. The summed E-state index contributed by atoms with van der Waals surface area (Å²) in [6.45, 7) is 3.85. The molecular weight excluding hydrogens is 444 g/mol. The molecule has 168 valence electrons. The van der Waals surface area contributed by atoms with E-state index in [1.807, 2.05) is 60.3 Å². The largest absolute Gasteiger partial charge is 0.492 e. The molecule has 0 atom stereocenters. The molecule has 4 rings (SSSR count). The number of benzene rings is 2. The van der Waals surface area contributed by atoms with Crippen molar-refractivity contribution in [2.45, 2.75) is 17.7 Å². The van der Waals surface area contributed by atoms with Crippen LogP contribution < -0.4 is 10.1 Å². The van der Waals surface area contributed by atoms with E-state index in [1.54, 1.807) is 6.20 Å². The van der Waals surface area contributed by atoms with Gasteiger partial charge in [0.25, 0.3) is 0 Å². The highest BCUT2D eigenvalue weighted by atomic mass is 35.5. The lowest BCUT2D eigenvalue weighted by Gasteiger charge is -2.17. The number of carbonyl (C=O) groups is 1. The standard InChI is InChI=1S/C24H27ClN4O2S/c1-28-22(10-11-26-28)21-16-19(6-9-23(21)31-15-14-29-12-2-3-13-29)27-24(30)17-32-20-7-4-18(25)5-8-20/h4-11,16H,2-3,12-15,17H2,1H3,(H,27,30). The summed E-state index contributed by atoms with van der Waals surface area (Å²) in [5, 5.41) is 7.97. The van der Waals surface area contributed by atoms with Gasteiger partial charge >= 0.3 is 0 Å². The van der Waals surface area contributed by atoms with Crippen molar-refractivity contribution < 1.29 is 9.53 Å². The Morgan fingerprint density at radius 1 is 1.16 bits per heavy atom. The van der Waals surface area contributed by atoms with E-state index in [4.69, 9.17) is 16.3 Å². The van der Waals surface area contributed by atoms with E-state index in [9.17, 15) is 4.79 Å². The molecule has 0 spiro atoms. The Bertz CT molecular complexity index is 1050. The molecule has 1 fully saturated rings. The number of amides is 1. The van der Waals surface area contributed by atoms with Crippen molar-refractivity contribution in [3.05, 3.63) is 59.8 Å². The third-order valence-corrected chi connectivity index (χ3v) is 6.67. The molecule has 8 heteroatoms. The first kappa shape index (κ1) is 22.7. The third kappa shape index (κ3) is 6.06. The number of halogens is 1. The fourth-order valence-electron chi connectivity index (χ4n) is 3.74. The molecule has 3 aromatic rings. The lowest BCUT2D eigenvalue weighted by molar-refractivity contribution is -0.113. The molecule has 0 unspecified atom stereocenters. The normalized spacial score (nSPS) is 13.9. The third-order valence-electron chi connectivity index (χ3n) is 5.41. The molecule has 1 aliphatic heterocycles. The van der Waals surface area contributed by atoms with Crippen LogP contribution in [0, 0.1) is 0 Å². The van der Waals surface area contributed by atoms with Gasteiger partial charge in [-0.2, -0.15) is 5.10 Å². The van der Waals surface area contributed by atoms with Gasteiger partial charge in [0.05, 0.1) is 11.4 Å². The smallest absolute Gasteiger partial charge is 0.234 e. The van der Waals surface area contributed by atoms with Gasteiger partial charge in [-0.1, -0.05) is 11.6 Å². The lowest BCUT2D eigenvalue weighted by atomic mass is 10.1. The van der Waals surface area contributed by atoms with E-state index >= 15 is 0 Å². The maximum atomic E-state index is 12.5. The first-order valence-corrected chi connectivity index (χ1v) is 12.1. The topological polar surface area (TPSA) is 59.4 Å². The van der Waals surface area contributed by atoms with Gasteiger partial charge in [0, 0.05) is 41.0 Å². The first-order chi connectivity index (χ1) is 15.6. The van der Waals surface area contributed by atoms with Crippen molar-refractivity contribution in [2.75, 3.05) is 37.3 Å². The monoisotopic (exact) mass is 470 g/mol. The number of anilines is 1. The number of nitrogens with one attached hydrogen (secondary N) is 1. The highest BCUT2D eigenvalue weighted by Gasteiger charge is 2.15. The van der Waals surface area contributed by atoms with Crippen molar-refractivity contribution in [3.8, 4) is 17.0 Å². The van der Waals surface area contributed by atoms with Gasteiger partial charge in [-0.05, 0) is 74.5 Å². The number of thioether (sulfide) groups is 1.